The van der Waals surface area contributed by atoms with Crippen LogP contribution in [-0.4, -0.2) is 30.6 Å². The van der Waals surface area contributed by atoms with Gasteiger partial charge in [0, 0.05) is 11.1 Å². The molecule has 0 heterocycles. The monoisotopic (exact) mass is 326 g/mol. The van der Waals surface area contributed by atoms with E-state index in [2.05, 4.69) is 0 Å². The van der Waals surface area contributed by atoms with Gasteiger partial charge in [-0.15, -0.1) is 0 Å². The number of allylic oxidation sites excluding steroid dienone is 2. The Morgan fingerprint density at radius 1 is 0.708 bits per heavy atom. The maximum Gasteiger partial charge on any atom is 0.200 e. The summed E-state index contributed by atoms with van der Waals surface area (Å²) in [5.74, 6) is -3.20. The fraction of sp³-hybridized carbons (Fsp3) is 0.111. The van der Waals surface area contributed by atoms with Gasteiger partial charge in [-0.25, -0.2) is 0 Å². The van der Waals surface area contributed by atoms with Gasteiger partial charge in [-0.3, -0.25) is 0 Å². The fourth-order valence-corrected chi connectivity index (χ4v) is 3.78. The highest BCUT2D eigenvalue weighted by atomic mass is 16.3. The van der Waals surface area contributed by atoms with Crippen LogP contribution in [0.15, 0.2) is 23.8 Å². The van der Waals surface area contributed by atoms with Crippen molar-refractivity contribution >= 4 is 12.2 Å². The van der Waals surface area contributed by atoms with Crippen LogP contribution in [0.5, 0.6) is 34.5 Å². The fourth-order valence-electron chi connectivity index (χ4n) is 3.78. The zero-order valence-electron chi connectivity index (χ0n) is 12.6. The molecule has 0 saturated heterocycles. The minimum atomic E-state index is -1.10. The van der Waals surface area contributed by atoms with E-state index in [-0.39, 0.29) is 0 Å². The molecule has 0 aliphatic heterocycles. The molecule has 0 radical (unpaired) electrons. The molecule has 1 atom stereocenters. The summed E-state index contributed by atoms with van der Waals surface area (Å²) in [6, 6.07) is 2.64. The standard InChI is InChI=1S/C18H14O6/c1-7-4-9-6-11(20)15(22)17(24)13(9)18(7)3-2-8-5-10(19)14(21)16(23)12(8)18/h2-6,19-24H,1H3. The smallest absolute Gasteiger partial charge is 0.200 e. The summed E-state index contributed by atoms with van der Waals surface area (Å²) in [7, 11) is 0. The molecule has 6 nitrogen and oxygen atoms in total. The quantitative estimate of drug-likeness (QED) is 0.414. The van der Waals surface area contributed by atoms with Crippen molar-refractivity contribution in [2.75, 3.05) is 0 Å². The number of hydrogen-bond donors (Lipinski definition) is 6. The van der Waals surface area contributed by atoms with Crippen molar-refractivity contribution in [1.82, 2.24) is 0 Å². The number of phenols is 6. The second kappa shape index (κ2) is 4.17. The molecule has 0 saturated carbocycles. The van der Waals surface area contributed by atoms with Crippen molar-refractivity contribution in [2.24, 2.45) is 0 Å². The van der Waals surface area contributed by atoms with Gasteiger partial charge in [-0.2, -0.15) is 0 Å². The first kappa shape index (κ1) is 14.3. The number of rotatable bonds is 0. The first-order valence-corrected chi connectivity index (χ1v) is 7.23. The van der Waals surface area contributed by atoms with E-state index in [0.29, 0.717) is 27.8 Å². The van der Waals surface area contributed by atoms with E-state index in [1.165, 1.54) is 12.1 Å². The lowest BCUT2D eigenvalue weighted by atomic mass is 9.73. The topological polar surface area (TPSA) is 121 Å². The molecule has 6 N–H and O–H groups in total. The third-order valence-electron chi connectivity index (χ3n) is 4.86. The molecular formula is C18H14O6. The van der Waals surface area contributed by atoms with Gasteiger partial charge in [-0.05, 0) is 30.2 Å². The molecule has 0 fully saturated rings. The van der Waals surface area contributed by atoms with Crippen LogP contribution in [0.25, 0.3) is 12.2 Å². The maximum atomic E-state index is 10.4. The molecule has 2 aromatic carbocycles. The summed E-state index contributed by atoms with van der Waals surface area (Å²) in [5.41, 5.74) is 1.18. The summed E-state index contributed by atoms with van der Waals surface area (Å²) in [5, 5.41) is 60.1. The zero-order chi connectivity index (χ0) is 17.4. The number of aromatic hydroxyl groups is 6. The Labute approximate surface area is 136 Å². The van der Waals surface area contributed by atoms with E-state index in [1.54, 1.807) is 25.2 Å². The Bertz CT molecular complexity index is 964. The van der Waals surface area contributed by atoms with E-state index in [1.807, 2.05) is 0 Å². The Hall–Kier alpha value is -3.28. The second-order valence-electron chi connectivity index (χ2n) is 6.08. The average Bonchev–Trinajstić information content (AvgIpc) is 3.03. The molecule has 122 valence electrons. The molecule has 2 aliphatic carbocycles. The molecule has 1 unspecified atom stereocenters. The first-order valence-electron chi connectivity index (χ1n) is 7.23. The maximum absolute atomic E-state index is 10.4. The largest absolute Gasteiger partial charge is 0.504 e. The number of phenolic OH excluding ortho intramolecular Hbond substituents is 6. The minimum Gasteiger partial charge on any atom is -0.504 e. The number of hydrogen-bond acceptors (Lipinski definition) is 6. The molecule has 2 aromatic rings. The minimum absolute atomic E-state index is 0.297. The van der Waals surface area contributed by atoms with Crippen LogP contribution in [0.1, 0.15) is 29.2 Å². The molecule has 1 spiro atoms. The lowest BCUT2D eigenvalue weighted by Crippen LogP contribution is -2.23. The average molecular weight is 326 g/mol. The predicted octanol–water partition coefficient (Wildman–Crippen LogP) is 2.65. The Morgan fingerprint density at radius 3 is 1.79 bits per heavy atom. The van der Waals surface area contributed by atoms with Gasteiger partial charge in [0.25, 0.3) is 0 Å². The second-order valence-corrected chi connectivity index (χ2v) is 6.08. The molecule has 0 bridgehead atoms. The Kier molecular flexibility index (Phi) is 2.49. The highest BCUT2D eigenvalue weighted by molar-refractivity contribution is 5.88. The van der Waals surface area contributed by atoms with Crippen molar-refractivity contribution in [3.63, 3.8) is 0 Å². The summed E-state index contributed by atoms with van der Waals surface area (Å²) < 4.78 is 0. The molecule has 0 aromatic heterocycles. The van der Waals surface area contributed by atoms with E-state index in [9.17, 15) is 30.6 Å². The van der Waals surface area contributed by atoms with Gasteiger partial charge in [0.05, 0.1) is 5.41 Å². The molecule has 0 amide bonds. The lowest BCUT2D eigenvalue weighted by molar-refractivity contribution is 0.358. The summed E-state index contributed by atoms with van der Waals surface area (Å²) in [6.45, 7) is 1.77. The van der Waals surface area contributed by atoms with Gasteiger partial charge < -0.3 is 30.6 Å². The van der Waals surface area contributed by atoms with E-state index in [4.69, 9.17) is 0 Å². The third kappa shape index (κ3) is 1.40. The van der Waals surface area contributed by atoms with Crippen molar-refractivity contribution in [2.45, 2.75) is 12.3 Å². The van der Waals surface area contributed by atoms with Crippen molar-refractivity contribution in [3.8, 4) is 34.5 Å². The molecule has 2 aliphatic rings. The summed E-state index contributed by atoms with van der Waals surface area (Å²) >= 11 is 0. The highest BCUT2D eigenvalue weighted by Crippen LogP contribution is 2.61. The number of fused-ring (bicyclic) bond motifs is 4. The van der Waals surface area contributed by atoms with Crippen molar-refractivity contribution < 1.29 is 30.6 Å². The normalized spacial score (nSPS) is 20.3. The summed E-state index contributed by atoms with van der Waals surface area (Å²) in [6.07, 6.45) is 5.09. The predicted molar refractivity (Wildman–Crippen MR) is 86.3 cm³/mol. The van der Waals surface area contributed by atoms with Gasteiger partial charge in [0.2, 0.25) is 11.5 Å². The van der Waals surface area contributed by atoms with Crippen LogP contribution in [0.4, 0.5) is 0 Å². The SMILES string of the molecule is CC1=Cc2cc(O)c(O)c(O)c2C12C=Cc1cc(O)c(O)c(O)c12. The zero-order valence-corrected chi connectivity index (χ0v) is 12.6. The van der Waals surface area contributed by atoms with Crippen LogP contribution in [0.3, 0.4) is 0 Å². The van der Waals surface area contributed by atoms with Crippen LogP contribution in [0.2, 0.25) is 0 Å². The lowest BCUT2D eigenvalue weighted by Gasteiger charge is -2.29. The molecule has 4 rings (SSSR count). The van der Waals surface area contributed by atoms with E-state index < -0.39 is 39.9 Å². The van der Waals surface area contributed by atoms with Crippen LogP contribution < -0.4 is 0 Å². The van der Waals surface area contributed by atoms with E-state index in [0.717, 1.165) is 0 Å². The third-order valence-corrected chi connectivity index (χ3v) is 4.86. The van der Waals surface area contributed by atoms with Crippen LogP contribution in [0, 0.1) is 0 Å². The van der Waals surface area contributed by atoms with Crippen molar-refractivity contribution in [3.05, 3.63) is 46.0 Å². The Morgan fingerprint density at radius 2 is 1.21 bits per heavy atom. The Balaban J connectivity index is 2.14. The van der Waals surface area contributed by atoms with Crippen LogP contribution in [-0.2, 0) is 5.41 Å². The number of benzene rings is 2. The molecule has 6 heteroatoms. The van der Waals surface area contributed by atoms with E-state index >= 15 is 0 Å². The van der Waals surface area contributed by atoms with Gasteiger partial charge >= 0.3 is 0 Å². The first-order chi connectivity index (χ1) is 11.3. The van der Waals surface area contributed by atoms with Gasteiger partial charge in [0.1, 0.15) is 0 Å². The van der Waals surface area contributed by atoms with Gasteiger partial charge in [-0.1, -0.05) is 23.8 Å². The van der Waals surface area contributed by atoms with Gasteiger partial charge in [0.15, 0.2) is 23.0 Å². The van der Waals surface area contributed by atoms with Crippen LogP contribution >= 0.6 is 0 Å². The van der Waals surface area contributed by atoms with Crippen molar-refractivity contribution in [1.29, 1.82) is 0 Å². The molecular weight excluding hydrogens is 312 g/mol. The summed E-state index contributed by atoms with van der Waals surface area (Å²) in [4.78, 5) is 0. The highest BCUT2D eigenvalue weighted by Gasteiger charge is 2.48. The molecule has 24 heavy (non-hydrogen) atoms.